The minimum absolute atomic E-state index is 0.0519. The van der Waals surface area contributed by atoms with Gasteiger partial charge in [0.15, 0.2) is 0 Å². The molecule has 0 spiro atoms. The van der Waals surface area contributed by atoms with Crippen LogP contribution in [0, 0.1) is 6.92 Å². The van der Waals surface area contributed by atoms with Crippen molar-refractivity contribution in [2.75, 3.05) is 6.61 Å². The molecule has 0 aliphatic carbocycles. The molecule has 0 amide bonds. The first-order valence-corrected chi connectivity index (χ1v) is 7.67. The summed E-state index contributed by atoms with van der Waals surface area (Å²) in [7, 11) is 1.77. The van der Waals surface area contributed by atoms with Crippen molar-refractivity contribution in [1.29, 1.82) is 0 Å². The summed E-state index contributed by atoms with van der Waals surface area (Å²) in [6.45, 7) is 2.52. The van der Waals surface area contributed by atoms with Gasteiger partial charge in [-0.25, -0.2) is 4.79 Å². The minimum Gasteiger partial charge on any atom is -0.493 e. The number of imidazole rings is 1. The zero-order valence-electron chi connectivity index (χ0n) is 13.4. The maximum absolute atomic E-state index is 12.2. The summed E-state index contributed by atoms with van der Waals surface area (Å²) in [5, 5.41) is 0. The van der Waals surface area contributed by atoms with Crippen LogP contribution in [-0.4, -0.2) is 15.7 Å². The molecule has 3 aromatic rings. The summed E-state index contributed by atoms with van der Waals surface area (Å²) in [6, 6.07) is 17.9. The normalized spacial score (nSPS) is 10.7. The van der Waals surface area contributed by atoms with Crippen molar-refractivity contribution in [3.05, 3.63) is 82.5 Å². The van der Waals surface area contributed by atoms with E-state index in [1.807, 2.05) is 55.6 Å². The number of hydrogen-bond donors (Lipinski definition) is 0. The third-order valence-electron chi connectivity index (χ3n) is 3.94. The van der Waals surface area contributed by atoms with Crippen LogP contribution in [0.2, 0.25) is 0 Å². The van der Waals surface area contributed by atoms with Gasteiger partial charge in [-0.05, 0) is 24.6 Å². The van der Waals surface area contributed by atoms with Crippen LogP contribution in [0.3, 0.4) is 0 Å². The minimum atomic E-state index is -0.0519. The number of hydrogen-bond acceptors (Lipinski definition) is 2. The number of ether oxygens (including phenoxy) is 1. The first-order chi connectivity index (χ1) is 11.1. The molecular formula is C19H20N2O2. The summed E-state index contributed by atoms with van der Waals surface area (Å²) in [5.74, 6) is 0.770. The van der Waals surface area contributed by atoms with Gasteiger partial charge < -0.3 is 4.74 Å². The zero-order chi connectivity index (χ0) is 16.2. The van der Waals surface area contributed by atoms with Gasteiger partial charge in [-0.1, -0.05) is 36.4 Å². The molecule has 0 aliphatic rings. The molecule has 0 radical (unpaired) electrons. The average molecular weight is 308 g/mol. The number of nitrogens with zero attached hydrogens (tertiary/aromatic N) is 2. The largest absolute Gasteiger partial charge is 0.493 e. The molecule has 23 heavy (non-hydrogen) atoms. The summed E-state index contributed by atoms with van der Waals surface area (Å²) in [6.07, 6.45) is 2.70. The molecule has 4 nitrogen and oxygen atoms in total. The molecule has 1 heterocycles. The maximum Gasteiger partial charge on any atom is 0.332 e. The van der Waals surface area contributed by atoms with E-state index in [1.54, 1.807) is 16.2 Å². The Morgan fingerprint density at radius 1 is 1.04 bits per heavy atom. The second-order valence-electron chi connectivity index (χ2n) is 5.56. The quantitative estimate of drug-likeness (QED) is 0.726. The molecule has 0 unspecified atom stereocenters. The van der Waals surface area contributed by atoms with Gasteiger partial charge in [0.25, 0.3) is 0 Å². The van der Waals surface area contributed by atoms with E-state index in [0.717, 1.165) is 23.6 Å². The van der Waals surface area contributed by atoms with E-state index < -0.39 is 0 Å². The fraction of sp³-hybridized carbons (Fsp3) is 0.211. The number of aromatic nitrogens is 2. The number of benzene rings is 2. The van der Waals surface area contributed by atoms with Crippen LogP contribution in [0.5, 0.6) is 5.75 Å². The summed E-state index contributed by atoms with van der Waals surface area (Å²) in [4.78, 5) is 12.2. The van der Waals surface area contributed by atoms with Crippen LogP contribution in [0.15, 0.2) is 65.6 Å². The maximum atomic E-state index is 12.2. The predicted molar refractivity (Wildman–Crippen MR) is 91.4 cm³/mol. The van der Waals surface area contributed by atoms with E-state index in [0.29, 0.717) is 6.61 Å². The Morgan fingerprint density at radius 2 is 1.83 bits per heavy atom. The summed E-state index contributed by atoms with van der Waals surface area (Å²) < 4.78 is 9.09. The van der Waals surface area contributed by atoms with E-state index in [-0.39, 0.29) is 5.69 Å². The molecule has 3 rings (SSSR count). The van der Waals surface area contributed by atoms with Gasteiger partial charge in [-0.2, -0.15) is 0 Å². The average Bonchev–Trinajstić information content (AvgIpc) is 2.84. The highest BCUT2D eigenvalue weighted by atomic mass is 16.5. The smallest absolute Gasteiger partial charge is 0.332 e. The van der Waals surface area contributed by atoms with Gasteiger partial charge in [-0.15, -0.1) is 0 Å². The fourth-order valence-electron chi connectivity index (χ4n) is 2.48. The first kappa shape index (κ1) is 15.2. The van der Waals surface area contributed by atoms with E-state index in [1.165, 1.54) is 5.56 Å². The van der Waals surface area contributed by atoms with Crippen LogP contribution >= 0.6 is 0 Å². The second-order valence-corrected chi connectivity index (χ2v) is 5.56. The highest BCUT2D eigenvalue weighted by molar-refractivity contribution is 5.39. The molecule has 118 valence electrons. The van der Waals surface area contributed by atoms with Gasteiger partial charge in [0, 0.05) is 31.4 Å². The molecule has 0 bridgehead atoms. The first-order valence-electron chi connectivity index (χ1n) is 7.67. The topological polar surface area (TPSA) is 36.2 Å². The third-order valence-corrected chi connectivity index (χ3v) is 3.94. The molecule has 0 saturated heterocycles. The van der Waals surface area contributed by atoms with Crippen molar-refractivity contribution in [2.24, 2.45) is 7.05 Å². The highest BCUT2D eigenvalue weighted by Crippen LogP contribution is 2.16. The predicted octanol–water partition coefficient (Wildman–Crippen LogP) is 3.11. The van der Waals surface area contributed by atoms with Crippen LogP contribution in [0.25, 0.3) is 5.69 Å². The Labute approximate surface area is 135 Å². The lowest BCUT2D eigenvalue weighted by Gasteiger charge is -2.08. The van der Waals surface area contributed by atoms with Gasteiger partial charge in [0.2, 0.25) is 0 Å². The molecule has 0 N–H and O–H groups in total. The van der Waals surface area contributed by atoms with Crippen molar-refractivity contribution in [3.8, 4) is 11.4 Å². The highest BCUT2D eigenvalue weighted by Gasteiger charge is 2.07. The van der Waals surface area contributed by atoms with Crippen molar-refractivity contribution < 1.29 is 4.74 Å². The van der Waals surface area contributed by atoms with Crippen molar-refractivity contribution in [1.82, 2.24) is 9.13 Å². The van der Waals surface area contributed by atoms with Gasteiger partial charge in [0.05, 0.1) is 12.3 Å². The van der Waals surface area contributed by atoms with Gasteiger partial charge in [0.1, 0.15) is 5.75 Å². The lowest BCUT2D eigenvalue weighted by atomic mass is 10.2. The standard InChI is InChI=1S/C19H20N2O2/c1-15-14-21(19(22)20(15)2)17-9-6-10-18(13-17)23-12-11-16-7-4-3-5-8-16/h3-10,13-14H,11-12H2,1-2H3. The Morgan fingerprint density at radius 3 is 2.52 bits per heavy atom. The fourth-order valence-corrected chi connectivity index (χ4v) is 2.48. The van der Waals surface area contributed by atoms with Crippen LogP contribution in [0.4, 0.5) is 0 Å². The molecule has 1 aromatic heterocycles. The van der Waals surface area contributed by atoms with Crippen molar-refractivity contribution in [3.63, 3.8) is 0 Å². The Hall–Kier alpha value is -2.75. The van der Waals surface area contributed by atoms with E-state index in [2.05, 4.69) is 12.1 Å². The summed E-state index contributed by atoms with van der Waals surface area (Å²) in [5.41, 5.74) is 2.93. The lowest BCUT2D eigenvalue weighted by molar-refractivity contribution is 0.322. The Kier molecular flexibility index (Phi) is 4.33. The van der Waals surface area contributed by atoms with Crippen molar-refractivity contribution >= 4 is 0 Å². The van der Waals surface area contributed by atoms with E-state index in [9.17, 15) is 4.79 Å². The Bertz CT molecular complexity index is 847. The zero-order valence-corrected chi connectivity index (χ0v) is 13.4. The van der Waals surface area contributed by atoms with Gasteiger partial charge in [-0.3, -0.25) is 9.13 Å². The monoisotopic (exact) mass is 308 g/mol. The molecule has 0 aliphatic heterocycles. The van der Waals surface area contributed by atoms with Crippen LogP contribution in [0.1, 0.15) is 11.3 Å². The molecule has 2 aromatic carbocycles. The molecule has 0 atom stereocenters. The number of aryl methyl sites for hydroxylation is 1. The van der Waals surface area contributed by atoms with Crippen molar-refractivity contribution in [2.45, 2.75) is 13.3 Å². The summed E-state index contributed by atoms with van der Waals surface area (Å²) >= 11 is 0. The van der Waals surface area contributed by atoms with E-state index in [4.69, 9.17) is 4.74 Å². The van der Waals surface area contributed by atoms with E-state index >= 15 is 0 Å². The molecule has 0 saturated carbocycles. The lowest BCUT2D eigenvalue weighted by Crippen LogP contribution is -2.21. The second kappa shape index (κ2) is 6.57. The molecular weight excluding hydrogens is 288 g/mol. The molecule has 0 fully saturated rings. The number of rotatable bonds is 5. The Balaban J connectivity index is 1.72. The van der Waals surface area contributed by atoms with Gasteiger partial charge >= 0.3 is 5.69 Å². The molecule has 4 heteroatoms. The van der Waals surface area contributed by atoms with Crippen LogP contribution in [-0.2, 0) is 13.5 Å². The third kappa shape index (κ3) is 3.37. The SMILES string of the molecule is Cc1cn(-c2cccc(OCCc3ccccc3)c2)c(=O)n1C. The van der Waals surface area contributed by atoms with Crippen LogP contribution < -0.4 is 10.4 Å².